The van der Waals surface area contributed by atoms with Crippen molar-refractivity contribution in [1.82, 2.24) is 14.9 Å². The molecule has 0 atom stereocenters. The van der Waals surface area contributed by atoms with Crippen LogP contribution in [0.2, 0.25) is 0 Å². The van der Waals surface area contributed by atoms with Crippen molar-refractivity contribution >= 4 is 28.3 Å². The summed E-state index contributed by atoms with van der Waals surface area (Å²) in [4.78, 5) is 12.2. The molecule has 0 aliphatic carbocycles. The third-order valence-corrected chi connectivity index (χ3v) is 6.07. The zero-order valence-corrected chi connectivity index (χ0v) is 15.8. The molecule has 1 aliphatic heterocycles. The van der Waals surface area contributed by atoms with Gasteiger partial charge in [-0.3, -0.25) is 4.79 Å². The number of carbonyl (C=O) groups is 1. The molecule has 1 aromatic rings. The van der Waals surface area contributed by atoms with E-state index in [4.69, 9.17) is 0 Å². The molecule has 0 saturated carbocycles. The van der Waals surface area contributed by atoms with Gasteiger partial charge in [-0.15, -0.1) is 12.4 Å². The molecule has 1 amide bonds. The molecule has 0 radical (unpaired) electrons. The number of benzene rings is 1. The lowest BCUT2D eigenvalue weighted by atomic mass is 10.0. The number of sulfonamides is 1. The van der Waals surface area contributed by atoms with Gasteiger partial charge in [-0.1, -0.05) is 6.92 Å². The Hall–Kier alpha value is -1.15. The molecule has 0 spiro atoms. The molecule has 1 aromatic carbocycles. The second-order valence-corrected chi connectivity index (χ2v) is 7.91. The summed E-state index contributed by atoms with van der Waals surface area (Å²) >= 11 is 0. The highest BCUT2D eigenvalue weighted by atomic mass is 35.5. The number of likely N-dealkylation sites (N-methyl/N-ethyl adjacent to an activating group) is 1. The van der Waals surface area contributed by atoms with E-state index in [2.05, 4.69) is 17.6 Å². The van der Waals surface area contributed by atoms with Crippen molar-refractivity contribution < 1.29 is 13.2 Å². The van der Waals surface area contributed by atoms with Gasteiger partial charge in [0.25, 0.3) is 5.91 Å². The van der Waals surface area contributed by atoms with Crippen LogP contribution in [0.15, 0.2) is 29.2 Å². The predicted octanol–water partition coefficient (Wildman–Crippen LogP) is 1.48. The van der Waals surface area contributed by atoms with Crippen LogP contribution in [-0.4, -0.2) is 51.9 Å². The van der Waals surface area contributed by atoms with E-state index in [-0.39, 0.29) is 23.2 Å². The van der Waals surface area contributed by atoms with E-state index in [0.29, 0.717) is 37.7 Å². The van der Waals surface area contributed by atoms with Crippen LogP contribution in [0.3, 0.4) is 0 Å². The van der Waals surface area contributed by atoms with Gasteiger partial charge < -0.3 is 10.6 Å². The van der Waals surface area contributed by atoms with E-state index in [1.165, 1.54) is 16.4 Å². The average molecular weight is 376 g/mol. The van der Waals surface area contributed by atoms with E-state index >= 15 is 0 Å². The van der Waals surface area contributed by atoms with Crippen molar-refractivity contribution in [3.8, 4) is 0 Å². The van der Waals surface area contributed by atoms with E-state index < -0.39 is 10.0 Å². The molecule has 0 aromatic heterocycles. The van der Waals surface area contributed by atoms with Gasteiger partial charge in [-0.25, -0.2) is 8.42 Å². The molecular formula is C16H26ClN3O3S. The largest absolute Gasteiger partial charge is 0.351 e. The maximum absolute atomic E-state index is 12.6. The first kappa shape index (κ1) is 20.9. The molecule has 6 nitrogen and oxygen atoms in total. The number of amides is 1. The van der Waals surface area contributed by atoms with Crippen LogP contribution in [0.25, 0.3) is 0 Å². The molecule has 2 N–H and O–H groups in total. The SMILES string of the molecule is CNCCNC(=O)c1ccc(S(=O)(=O)N2CCC(C)CC2)cc1.Cl. The summed E-state index contributed by atoms with van der Waals surface area (Å²) in [5.74, 6) is 0.376. The predicted molar refractivity (Wildman–Crippen MR) is 97.1 cm³/mol. The van der Waals surface area contributed by atoms with Crippen LogP contribution < -0.4 is 10.6 Å². The lowest BCUT2D eigenvalue weighted by molar-refractivity contribution is 0.0954. The van der Waals surface area contributed by atoms with E-state index in [1.54, 1.807) is 12.1 Å². The van der Waals surface area contributed by atoms with Crippen molar-refractivity contribution in [3.63, 3.8) is 0 Å². The summed E-state index contributed by atoms with van der Waals surface area (Å²) in [6.07, 6.45) is 1.79. The normalized spacial score (nSPS) is 16.4. The minimum atomic E-state index is -3.46. The standard InChI is InChI=1S/C16H25N3O3S.ClH/c1-13-7-11-19(12-8-13)23(21,22)15-5-3-14(4-6-15)16(20)18-10-9-17-2;/h3-6,13,17H,7-12H2,1-2H3,(H,18,20);1H. The van der Waals surface area contributed by atoms with Crippen LogP contribution in [0, 0.1) is 5.92 Å². The second kappa shape index (κ2) is 9.36. The number of nitrogens with one attached hydrogen (secondary N) is 2. The zero-order valence-electron chi connectivity index (χ0n) is 14.1. The molecule has 136 valence electrons. The first-order valence-corrected chi connectivity index (χ1v) is 9.42. The fourth-order valence-electron chi connectivity index (χ4n) is 2.56. The van der Waals surface area contributed by atoms with E-state index in [0.717, 1.165) is 12.8 Å². The maximum atomic E-state index is 12.6. The Balaban J connectivity index is 0.00000288. The number of piperidine rings is 1. The summed E-state index contributed by atoms with van der Waals surface area (Å²) in [6.45, 7) is 4.49. The van der Waals surface area contributed by atoms with Crippen molar-refractivity contribution in [3.05, 3.63) is 29.8 Å². The highest BCUT2D eigenvalue weighted by molar-refractivity contribution is 7.89. The molecule has 8 heteroatoms. The number of nitrogens with zero attached hydrogens (tertiary/aromatic N) is 1. The van der Waals surface area contributed by atoms with Crippen LogP contribution in [0.1, 0.15) is 30.1 Å². The smallest absolute Gasteiger partial charge is 0.251 e. The van der Waals surface area contributed by atoms with E-state index in [9.17, 15) is 13.2 Å². The lowest BCUT2D eigenvalue weighted by Gasteiger charge is -2.29. The van der Waals surface area contributed by atoms with Gasteiger partial charge in [-0.05, 0) is 50.1 Å². The topological polar surface area (TPSA) is 78.5 Å². The number of halogens is 1. The van der Waals surface area contributed by atoms with E-state index in [1.807, 2.05) is 7.05 Å². The molecule has 1 saturated heterocycles. The molecule has 0 bridgehead atoms. The highest BCUT2D eigenvalue weighted by Gasteiger charge is 2.28. The number of hydrogen-bond donors (Lipinski definition) is 2. The zero-order chi connectivity index (χ0) is 16.9. The first-order chi connectivity index (χ1) is 10.9. The molecule has 2 rings (SSSR count). The number of carbonyl (C=O) groups excluding carboxylic acids is 1. The van der Waals surface area contributed by atoms with Gasteiger partial charge in [0.1, 0.15) is 0 Å². The molecule has 1 aliphatic rings. The van der Waals surface area contributed by atoms with Gasteiger partial charge in [0, 0.05) is 31.7 Å². The number of rotatable bonds is 6. The summed E-state index contributed by atoms with van der Waals surface area (Å²) in [6, 6.07) is 6.16. The fraction of sp³-hybridized carbons (Fsp3) is 0.562. The first-order valence-electron chi connectivity index (χ1n) is 7.98. The van der Waals surface area contributed by atoms with Crippen LogP contribution in [-0.2, 0) is 10.0 Å². The van der Waals surface area contributed by atoms with Gasteiger partial charge in [0.15, 0.2) is 0 Å². The Morgan fingerprint density at radius 3 is 2.29 bits per heavy atom. The van der Waals surface area contributed by atoms with Crippen LogP contribution in [0.5, 0.6) is 0 Å². The van der Waals surface area contributed by atoms with Gasteiger partial charge in [0.2, 0.25) is 10.0 Å². The third kappa shape index (κ3) is 5.17. The lowest BCUT2D eigenvalue weighted by Crippen LogP contribution is -2.37. The van der Waals surface area contributed by atoms with Gasteiger partial charge >= 0.3 is 0 Å². The molecule has 0 unspecified atom stereocenters. The van der Waals surface area contributed by atoms with Crippen LogP contribution >= 0.6 is 12.4 Å². The Labute approximate surface area is 150 Å². The van der Waals surface area contributed by atoms with Gasteiger partial charge in [-0.2, -0.15) is 4.31 Å². The minimum Gasteiger partial charge on any atom is -0.351 e. The average Bonchev–Trinajstić information content (AvgIpc) is 2.55. The number of hydrogen-bond acceptors (Lipinski definition) is 4. The summed E-state index contributed by atoms with van der Waals surface area (Å²) in [5.41, 5.74) is 0.465. The molecule has 24 heavy (non-hydrogen) atoms. The second-order valence-electron chi connectivity index (χ2n) is 5.97. The Kier molecular flexibility index (Phi) is 8.15. The molecular weight excluding hydrogens is 350 g/mol. The Bertz CT molecular complexity index is 626. The van der Waals surface area contributed by atoms with Crippen molar-refractivity contribution in [1.29, 1.82) is 0 Å². The fourth-order valence-corrected chi connectivity index (χ4v) is 4.03. The van der Waals surface area contributed by atoms with Crippen LogP contribution in [0.4, 0.5) is 0 Å². The third-order valence-electron chi connectivity index (χ3n) is 4.16. The monoisotopic (exact) mass is 375 g/mol. The summed E-state index contributed by atoms with van der Waals surface area (Å²) in [7, 11) is -1.64. The quantitative estimate of drug-likeness (QED) is 0.738. The highest BCUT2D eigenvalue weighted by Crippen LogP contribution is 2.23. The minimum absolute atomic E-state index is 0. The Morgan fingerprint density at radius 1 is 1.17 bits per heavy atom. The van der Waals surface area contributed by atoms with Crippen molar-refractivity contribution in [2.45, 2.75) is 24.7 Å². The molecule has 1 heterocycles. The Morgan fingerprint density at radius 2 is 1.75 bits per heavy atom. The van der Waals surface area contributed by atoms with Crippen molar-refractivity contribution in [2.24, 2.45) is 5.92 Å². The van der Waals surface area contributed by atoms with Crippen molar-refractivity contribution in [2.75, 3.05) is 33.2 Å². The van der Waals surface area contributed by atoms with Gasteiger partial charge in [0.05, 0.1) is 4.90 Å². The maximum Gasteiger partial charge on any atom is 0.251 e. The molecule has 1 fully saturated rings. The summed E-state index contributed by atoms with van der Waals surface area (Å²) in [5, 5.41) is 5.71. The summed E-state index contributed by atoms with van der Waals surface area (Å²) < 4.78 is 26.7.